The Balaban J connectivity index is 1.41. The highest BCUT2D eigenvalue weighted by Crippen LogP contribution is 2.42. The zero-order chi connectivity index (χ0) is 24.1. The number of halogens is 1. The topological polar surface area (TPSA) is 60.5 Å². The van der Waals surface area contributed by atoms with Gasteiger partial charge in [0.15, 0.2) is 0 Å². The molecule has 2 N–H and O–H groups in total. The molecule has 0 atom stereocenters. The van der Waals surface area contributed by atoms with E-state index in [9.17, 15) is 4.79 Å². The minimum absolute atomic E-state index is 0.231. The Morgan fingerprint density at radius 1 is 0.971 bits per heavy atom. The molecule has 6 nitrogen and oxygen atoms in total. The molecule has 0 bridgehead atoms. The third-order valence-electron chi connectivity index (χ3n) is 7.35. The molecule has 1 saturated heterocycles. The maximum Gasteiger partial charge on any atom is 0.251 e. The standard InChI is InChI=1S/C28H28FN5O/c1-17-15-31-27-24(25-22(17)14-23-21(26(25)29)7-8-30-28(23)35)13-19(16-32-27)18-3-5-20(6-4-18)34-11-9-33(2)10-12-34/h3-6,13-14,16H,1,7-12,15H2,2H3,(H,30,35)(H,31,32). The number of rotatable bonds is 2. The summed E-state index contributed by atoms with van der Waals surface area (Å²) in [7, 11) is 2.15. The van der Waals surface area contributed by atoms with Crippen LogP contribution in [0, 0.1) is 5.82 Å². The van der Waals surface area contributed by atoms with Crippen LogP contribution in [0.1, 0.15) is 21.5 Å². The fraction of sp³-hybridized carbons (Fsp3) is 0.286. The first-order valence-electron chi connectivity index (χ1n) is 12.1. The molecule has 4 heterocycles. The maximum absolute atomic E-state index is 16.0. The van der Waals surface area contributed by atoms with Crippen molar-refractivity contribution in [1.29, 1.82) is 0 Å². The summed E-state index contributed by atoms with van der Waals surface area (Å²) in [5, 5.41) is 6.11. The zero-order valence-electron chi connectivity index (χ0n) is 19.8. The number of pyridine rings is 1. The van der Waals surface area contributed by atoms with E-state index in [0.29, 0.717) is 53.1 Å². The largest absolute Gasteiger partial charge is 0.369 e. The SMILES string of the molecule is C=C1CNc2ncc(-c3ccc(N4CCN(C)CC4)cc3)cc2-c2c1cc1c(c2F)CCNC1=O. The van der Waals surface area contributed by atoms with Crippen molar-refractivity contribution in [1.82, 2.24) is 15.2 Å². The lowest BCUT2D eigenvalue weighted by molar-refractivity contribution is 0.0945. The average molecular weight is 470 g/mol. The van der Waals surface area contributed by atoms with Gasteiger partial charge in [-0.05, 0) is 54.4 Å². The number of carbonyl (C=O) groups is 1. The molecule has 3 aromatic rings. The van der Waals surface area contributed by atoms with Crippen molar-refractivity contribution in [3.05, 3.63) is 71.7 Å². The molecule has 0 spiro atoms. The minimum Gasteiger partial charge on any atom is -0.369 e. The Labute approximate surface area is 204 Å². The van der Waals surface area contributed by atoms with Crippen LogP contribution in [0.4, 0.5) is 15.9 Å². The average Bonchev–Trinajstić information content (AvgIpc) is 3.02. The van der Waals surface area contributed by atoms with Crippen LogP contribution in [0.3, 0.4) is 0 Å². The van der Waals surface area contributed by atoms with Crippen LogP contribution in [0.25, 0.3) is 27.8 Å². The quantitative estimate of drug-likeness (QED) is 0.594. The van der Waals surface area contributed by atoms with Crippen molar-refractivity contribution in [2.75, 3.05) is 56.5 Å². The Morgan fingerprint density at radius 2 is 1.74 bits per heavy atom. The summed E-state index contributed by atoms with van der Waals surface area (Å²) in [4.78, 5) is 21.8. The number of benzene rings is 2. The monoisotopic (exact) mass is 469 g/mol. The van der Waals surface area contributed by atoms with Crippen LogP contribution in [0.5, 0.6) is 0 Å². The number of hydrogen-bond acceptors (Lipinski definition) is 5. The highest BCUT2D eigenvalue weighted by molar-refractivity contribution is 6.01. The second kappa shape index (κ2) is 8.50. The van der Waals surface area contributed by atoms with Gasteiger partial charge in [-0.3, -0.25) is 4.79 Å². The maximum atomic E-state index is 16.0. The van der Waals surface area contributed by atoms with E-state index in [-0.39, 0.29) is 11.7 Å². The van der Waals surface area contributed by atoms with E-state index in [2.05, 4.69) is 63.3 Å². The molecule has 1 aromatic heterocycles. The lowest BCUT2D eigenvalue weighted by Gasteiger charge is -2.34. The number of carbonyl (C=O) groups excluding carboxylic acids is 1. The number of likely N-dealkylation sites (N-methyl/N-ethyl adjacent to an activating group) is 1. The second-order valence-electron chi connectivity index (χ2n) is 9.56. The number of amides is 1. The summed E-state index contributed by atoms with van der Waals surface area (Å²) >= 11 is 0. The zero-order valence-corrected chi connectivity index (χ0v) is 19.8. The molecule has 1 fully saturated rings. The molecule has 0 aliphatic carbocycles. The van der Waals surface area contributed by atoms with Gasteiger partial charge in [-0.15, -0.1) is 0 Å². The molecule has 1 amide bonds. The number of hydrogen-bond donors (Lipinski definition) is 2. The van der Waals surface area contributed by atoms with Crippen LogP contribution in [-0.4, -0.2) is 62.1 Å². The van der Waals surface area contributed by atoms with E-state index in [0.717, 1.165) is 42.9 Å². The Kier molecular flexibility index (Phi) is 5.29. The molecule has 7 heteroatoms. The van der Waals surface area contributed by atoms with Crippen LogP contribution in [0.15, 0.2) is 49.2 Å². The first-order chi connectivity index (χ1) is 17.0. The predicted molar refractivity (Wildman–Crippen MR) is 138 cm³/mol. The van der Waals surface area contributed by atoms with Gasteiger partial charge in [-0.25, -0.2) is 9.37 Å². The summed E-state index contributed by atoms with van der Waals surface area (Å²) in [6, 6.07) is 12.3. The van der Waals surface area contributed by atoms with E-state index >= 15 is 4.39 Å². The number of aromatic nitrogens is 1. The van der Waals surface area contributed by atoms with Crippen molar-refractivity contribution in [2.45, 2.75) is 6.42 Å². The number of piperazine rings is 1. The molecule has 0 unspecified atom stereocenters. The van der Waals surface area contributed by atoms with E-state index < -0.39 is 0 Å². The van der Waals surface area contributed by atoms with Crippen molar-refractivity contribution in [3.8, 4) is 22.3 Å². The normalized spacial score (nSPS) is 17.6. The smallest absolute Gasteiger partial charge is 0.251 e. The van der Waals surface area contributed by atoms with E-state index in [1.807, 2.05) is 12.3 Å². The molecule has 178 valence electrons. The van der Waals surface area contributed by atoms with Gasteiger partial charge in [0.25, 0.3) is 5.91 Å². The fourth-order valence-corrected chi connectivity index (χ4v) is 5.25. The molecule has 0 radical (unpaired) electrons. The van der Waals surface area contributed by atoms with Crippen molar-refractivity contribution in [2.24, 2.45) is 0 Å². The summed E-state index contributed by atoms with van der Waals surface area (Å²) in [6.07, 6.45) is 2.30. The van der Waals surface area contributed by atoms with Crippen LogP contribution in [-0.2, 0) is 6.42 Å². The minimum atomic E-state index is -0.345. The molecular formula is C28H28FN5O. The summed E-state index contributed by atoms with van der Waals surface area (Å²) in [5.74, 6) is 0.0510. The Morgan fingerprint density at radius 3 is 2.51 bits per heavy atom. The van der Waals surface area contributed by atoms with Crippen LogP contribution < -0.4 is 15.5 Å². The lowest BCUT2D eigenvalue weighted by Crippen LogP contribution is -2.44. The first-order valence-corrected chi connectivity index (χ1v) is 12.1. The third kappa shape index (κ3) is 3.76. The van der Waals surface area contributed by atoms with Gasteiger partial charge in [-0.1, -0.05) is 18.7 Å². The van der Waals surface area contributed by atoms with Crippen LogP contribution >= 0.6 is 0 Å². The van der Waals surface area contributed by atoms with Gasteiger partial charge in [-0.2, -0.15) is 0 Å². The number of nitrogens with zero attached hydrogens (tertiary/aromatic N) is 3. The number of nitrogens with one attached hydrogen (secondary N) is 2. The van der Waals surface area contributed by atoms with Gasteiger partial charge in [0, 0.05) is 79.0 Å². The van der Waals surface area contributed by atoms with Gasteiger partial charge in [0.05, 0.1) is 0 Å². The van der Waals surface area contributed by atoms with E-state index in [1.165, 1.54) is 5.69 Å². The fourth-order valence-electron chi connectivity index (χ4n) is 5.25. The summed E-state index contributed by atoms with van der Waals surface area (Å²) < 4.78 is 16.0. The molecule has 3 aliphatic heterocycles. The highest BCUT2D eigenvalue weighted by Gasteiger charge is 2.29. The molecular weight excluding hydrogens is 441 g/mol. The second-order valence-corrected chi connectivity index (χ2v) is 9.56. The van der Waals surface area contributed by atoms with Crippen molar-refractivity contribution < 1.29 is 9.18 Å². The summed E-state index contributed by atoms with van der Waals surface area (Å²) in [5.41, 5.74) is 6.60. The van der Waals surface area contributed by atoms with Gasteiger partial charge in [0.1, 0.15) is 11.6 Å². The molecule has 3 aliphatic rings. The number of anilines is 2. The Bertz CT molecular complexity index is 1340. The lowest BCUT2D eigenvalue weighted by atomic mass is 9.87. The molecule has 35 heavy (non-hydrogen) atoms. The van der Waals surface area contributed by atoms with Gasteiger partial charge >= 0.3 is 0 Å². The molecule has 6 rings (SSSR count). The van der Waals surface area contributed by atoms with E-state index in [1.54, 1.807) is 6.07 Å². The van der Waals surface area contributed by atoms with Crippen molar-refractivity contribution >= 4 is 23.0 Å². The molecule has 0 saturated carbocycles. The highest BCUT2D eigenvalue weighted by atomic mass is 19.1. The predicted octanol–water partition coefficient (Wildman–Crippen LogP) is 4.03. The van der Waals surface area contributed by atoms with Gasteiger partial charge in [0.2, 0.25) is 0 Å². The van der Waals surface area contributed by atoms with E-state index in [4.69, 9.17) is 0 Å². The Hall–Kier alpha value is -3.71. The third-order valence-corrected chi connectivity index (χ3v) is 7.35. The first kappa shape index (κ1) is 21.8. The van der Waals surface area contributed by atoms with Crippen LogP contribution in [0.2, 0.25) is 0 Å². The van der Waals surface area contributed by atoms with Gasteiger partial charge < -0.3 is 20.4 Å². The van der Waals surface area contributed by atoms with Crippen molar-refractivity contribution in [3.63, 3.8) is 0 Å². The molecule has 2 aromatic carbocycles. The number of fused-ring (bicyclic) bond motifs is 4. The summed E-state index contributed by atoms with van der Waals surface area (Å²) in [6.45, 7) is 9.19.